The lowest BCUT2D eigenvalue weighted by Crippen LogP contribution is -2.51. The Bertz CT molecular complexity index is 446. The predicted octanol–water partition coefficient (Wildman–Crippen LogP) is 0.791. The Morgan fingerprint density at radius 2 is 1.70 bits per heavy atom. The topological polar surface area (TPSA) is 84.2 Å². The molecule has 20 heavy (non-hydrogen) atoms. The van der Waals surface area contributed by atoms with Gasteiger partial charge in [-0.1, -0.05) is 44.2 Å². The Labute approximate surface area is 119 Å². The van der Waals surface area contributed by atoms with Crippen LogP contribution in [0.4, 0.5) is 0 Å². The number of amides is 2. The molecule has 2 atom stereocenters. The molecule has 5 heteroatoms. The molecule has 0 spiro atoms. The van der Waals surface area contributed by atoms with Crippen molar-refractivity contribution in [3.8, 4) is 0 Å². The molecule has 0 aromatic heterocycles. The SMILES string of the molecule is CC(NC(=O)[C@@H](N)C(C)C)C(=O)NCc1ccccc1. The first-order chi connectivity index (χ1) is 9.41. The van der Waals surface area contributed by atoms with E-state index in [0.717, 1.165) is 5.56 Å². The molecule has 0 heterocycles. The highest BCUT2D eigenvalue weighted by Gasteiger charge is 2.21. The van der Waals surface area contributed by atoms with Gasteiger partial charge in [0, 0.05) is 6.54 Å². The smallest absolute Gasteiger partial charge is 0.242 e. The highest BCUT2D eigenvalue weighted by Crippen LogP contribution is 2.00. The summed E-state index contributed by atoms with van der Waals surface area (Å²) >= 11 is 0. The maximum atomic E-state index is 11.9. The molecule has 5 nitrogen and oxygen atoms in total. The number of nitrogens with one attached hydrogen (secondary N) is 2. The Balaban J connectivity index is 2.41. The van der Waals surface area contributed by atoms with Crippen LogP contribution in [0, 0.1) is 5.92 Å². The number of nitrogens with two attached hydrogens (primary N) is 1. The lowest BCUT2D eigenvalue weighted by atomic mass is 10.0. The maximum absolute atomic E-state index is 11.9. The average Bonchev–Trinajstić information content (AvgIpc) is 2.44. The second kappa shape index (κ2) is 7.65. The van der Waals surface area contributed by atoms with Gasteiger partial charge in [-0.2, -0.15) is 0 Å². The summed E-state index contributed by atoms with van der Waals surface area (Å²) < 4.78 is 0. The second-order valence-electron chi connectivity index (χ2n) is 5.20. The second-order valence-corrected chi connectivity index (χ2v) is 5.20. The summed E-state index contributed by atoms with van der Waals surface area (Å²) in [5.41, 5.74) is 6.74. The van der Waals surface area contributed by atoms with Crippen molar-refractivity contribution < 1.29 is 9.59 Å². The van der Waals surface area contributed by atoms with Gasteiger partial charge >= 0.3 is 0 Å². The van der Waals surface area contributed by atoms with E-state index in [-0.39, 0.29) is 17.7 Å². The molecule has 1 aromatic rings. The minimum Gasteiger partial charge on any atom is -0.350 e. The number of rotatable bonds is 6. The third-order valence-electron chi connectivity index (χ3n) is 3.08. The van der Waals surface area contributed by atoms with Crippen LogP contribution in [0.25, 0.3) is 0 Å². The standard InChI is InChI=1S/C15H23N3O2/c1-10(2)13(16)15(20)18-11(3)14(19)17-9-12-7-5-4-6-8-12/h4-8,10-11,13H,9,16H2,1-3H3,(H,17,19)(H,18,20)/t11?,13-/m0/s1. The van der Waals surface area contributed by atoms with Crippen LogP contribution in [-0.2, 0) is 16.1 Å². The molecule has 0 aliphatic heterocycles. The fourth-order valence-electron chi connectivity index (χ4n) is 1.62. The van der Waals surface area contributed by atoms with Gasteiger partial charge in [0.2, 0.25) is 11.8 Å². The van der Waals surface area contributed by atoms with E-state index in [2.05, 4.69) is 10.6 Å². The molecule has 1 aromatic carbocycles. The van der Waals surface area contributed by atoms with Gasteiger partial charge in [-0.3, -0.25) is 9.59 Å². The Morgan fingerprint density at radius 3 is 2.25 bits per heavy atom. The van der Waals surface area contributed by atoms with Gasteiger partial charge in [-0.15, -0.1) is 0 Å². The molecule has 0 saturated heterocycles. The van der Waals surface area contributed by atoms with Gasteiger partial charge in [0.25, 0.3) is 0 Å². The zero-order chi connectivity index (χ0) is 15.1. The van der Waals surface area contributed by atoms with E-state index in [4.69, 9.17) is 5.73 Å². The summed E-state index contributed by atoms with van der Waals surface area (Å²) in [6.07, 6.45) is 0. The molecule has 0 fully saturated rings. The van der Waals surface area contributed by atoms with Crippen molar-refractivity contribution in [3.63, 3.8) is 0 Å². The number of carbonyl (C=O) groups excluding carboxylic acids is 2. The van der Waals surface area contributed by atoms with Crippen molar-refractivity contribution in [1.82, 2.24) is 10.6 Å². The van der Waals surface area contributed by atoms with Gasteiger partial charge in [-0.05, 0) is 18.4 Å². The Morgan fingerprint density at radius 1 is 1.10 bits per heavy atom. The van der Waals surface area contributed by atoms with Gasteiger partial charge in [0.05, 0.1) is 6.04 Å². The molecule has 0 bridgehead atoms. The normalized spacial score (nSPS) is 13.7. The largest absolute Gasteiger partial charge is 0.350 e. The first-order valence-electron chi connectivity index (χ1n) is 6.79. The van der Waals surface area contributed by atoms with E-state index >= 15 is 0 Å². The lowest BCUT2D eigenvalue weighted by Gasteiger charge is -2.19. The van der Waals surface area contributed by atoms with Crippen LogP contribution in [0.3, 0.4) is 0 Å². The minimum atomic E-state index is -0.601. The highest BCUT2D eigenvalue weighted by atomic mass is 16.2. The molecule has 2 amide bonds. The molecule has 4 N–H and O–H groups in total. The van der Waals surface area contributed by atoms with E-state index in [1.165, 1.54) is 0 Å². The first-order valence-corrected chi connectivity index (χ1v) is 6.79. The van der Waals surface area contributed by atoms with Gasteiger partial charge < -0.3 is 16.4 Å². The van der Waals surface area contributed by atoms with Crippen molar-refractivity contribution in [2.24, 2.45) is 11.7 Å². The molecule has 110 valence electrons. The third-order valence-corrected chi connectivity index (χ3v) is 3.08. The molecule has 0 saturated carbocycles. The number of benzene rings is 1. The van der Waals surface area contributed by atoms with E-state index in [9.17, 15) is 9.59 Å². The average molecular weight is 277 g/mol. The molecule has 0 aliphatic carbocycles. The third kappa shape index (κ3) is 5.01. The van der Waals surface area contributed by atoms with Crippen LogP contribution in [0.2, 0.25) is 0 Å². The lowest BCUT2D eigenvalue weighted by molar-refractivity contribution is -0.129. The number of hydrogen-bond donors (Lipinski definition) is 3. The summed E-state index contributed by atoms with van der Waals surface area (Å²) in [4.78, 5) is 23.6. The summed E-state index contributed by atoms with van der Waals surface area (Å²) in [6, 6.07) is 8.40. The van der Waals surface area contributed by atoms with Crippen molar-refractivity contribution in [1.29, 1.82) is 0 Å². The monoisotopic (exact) mass is 277 g/mol. The van der Waals surface area contributed by atoms with Crippen molar-refractivity contribution in [2.75, 3.05) is 0 Å². The van der Waals surface area contributed by atoms with Gasteiger partial charge in [-0.25, -0.2) is 0 Å². The Hall–Kier alpha value is -1.88. The predicted molar refractivity (Wildman–Crippen MR) is 78.7 cm³/mol. The van der Waals surface area contributed by atoms with Crippen LogP contribution in [0.5, 0.6) is 0 Å². The van der Waals surface area contributed by atoms with Crippen LogP contribution in [-0.4, -0.2) is 23.9 Å². The van der Waals surface area contributed by atoms with Crippen molar-refractivity contribution in [3.05, 3.63) is 35.9 Å². The summed E-state index contributed by atoms with van der Waals surface area (Å²) in [5.74, 6) is -0.491. The fourth-order valence-corrected chi connectivity index (χ4v) is 1.62. The highest BCUT2D eigenvalue weighted by molar-refractivity contribution is 5.89. The van der Waals surface area contributed by atoms with E-state index in [1.54, 1.807) is 6.92 Å². The summed E-state index contributed by atoms with van der Waals surface area (Å²) in [7, 11) is 0. The van der Waals surface area contributed by atoms with Crippen LogP contribution >= 0.6 is 0 Å². The van der Waals surface area contributed by atoms with E-state index < -0.39 is 12.1 Å². The van der Waals surface area contributed by atoms with E-state index in [1.807, 2.05) is 44.2 Å². The number of carbonyl (C=O) groups is 2. The van der Waals surface area contributed by atoms with E-state index in [0.29, 0.717) is 6.54 Å². The van der Waals surface area contributed by atoms with Crippen LogP contribution in [0.1, 0.15) is 26.3 Å². The molecule has 1 unspecified atom stereocenters. The molecule has 1 rings (SSSR count). The Kier molecular flexibility index (Phi) is 6.18. The first kappa shape index (κ1) is 16.2. The molecular weight excluding hydrogens is 254 g/mol. The summed E-state index contributed by atoms with van der Waals surface area (Å²) in [5, 5.41) is 5.40. The summed E-state index contributed by atoms with van der Waals surface area (Å²) in [6.45, 7) is 5.82. The van der Waals surface area contributed by atoms with Gasteiger partial charge in [0.1, 0.15) is 6.04 Å². The quantitative estimate of drug-likeness (QED) is 0.719. The van der Waals surface area contributed by atoms with Gasteiger partial charge in [0.15, 0.2) is 0 Å². The minimum absolute atomic E-state index is 0.0366. The number of hydrogen-bond acceptors (Lipinski definition) is 3. The zero-order valence-electron chi connectivity index (χ0n) is 12.2. The van der Waals surface area contributed by atoms with Crippen LogP contribution in [0.15, 0.2) is 30.3 Å². The van der Waals surface area contributed by atoms with Crippen molar-refractivity contribution in [2.45, 2.75) is 39.4 Å². The fraction of sp³-hybridized carbons (Fsp3) is 0.467. The van der Waals surface area contributed by atoms with Crippen LogP contribution < -0.4 is 16.4 Å². The molecule has 0 aliphatic rings. The maximum Gasteiger partial charge on any atom is 0.242 e. The van der Waals surface area contributed by atoms with Crippen molar-refractivity contribution >= 4 is 11.8 Å². The zero-order valence-corrected chi connectivity index (χ0v) is 12.2. The molecular formula is C15H23N3O2. The molecule has 0 radical (unpaired) electrons.